The molecule has 1 atom stereocenters. The van der Waals surface area contributed by atoms with E-state index in [1.165, 1.54) is 18.3 Å². The third-order valence-corrected chi connectivity index (χ3v) is 3.25. The van der Waals surface area contributed by atoms with Crippen LogP contribution in [0.2, 0.25) is 0 Å². The minimum atomic E-state index is -4.42. The summed E-state index contributed by atoms with van der Waals surface area (Å²) < 4.78 is 43.0. The number of ether oxygens (including phenoxy) is 1. The normalized spacial score (nSPS) is 17.6. The van der Waals surface area contributed by atoms with Crippen molar-refractivity contribution in [3.63, 3.8) is 0 Å². The van der Waals surface area contributed by atoms with E-state index in [1.807, 2.05) is 0 Å². The van der Waals surface area contributed by atoms with Crippen molar-refractivity contribution in [2.24, 2.45) is 4.99 Å². The second-order valence-electron chi connectivity index (χ2n) is 4.74. The van der Waals surface area contributed by atoms with Crippen molar-refractivity contribution in [2.75, 3.05) is 0 Å². The number of benzene rings is 2. The molecule has 0 amide bonds. The highest BCUT2D eigenvalue weighted by atomic mass is 19.4. The number of fused-ring (bicyclic) bond motifs is 1. The van der Waals surface area contributed by atoms with E-state index in [2.05, 4.69) is 4.99 Å². The lowest BCUT2D eigenvalue weighted by Crippen LogP contribution is -2.04. The second kappa shape index (κ2) is 5.29. The van der Waals surface area contributed by atoms with Crippen LogP contribution in [0.1, 0.15) is 27.6 Å². The Morgan fingerprint density at radius 1 is 1.09 bits per heavy atom. The number of esters is 1. The maximum atomic E-state index is 12.6. The molecule has 6 heteroatoms. The highest BCUT2D eigenvalue weighted by Gasteiger charge is 2.31. The molecular formula is C16H10F3NO2. The van der Waals surface area contributed by atoms with Crippen LogP contribution in [-0.4, -0.2) is 12.2 Å². The fourth-order valence-corrected chi connectivity index (χ4v) is 2.20. The Morgan fingerprint density at radius 3 is 2.64 bits per heavy atom. The Hall–Kier alpha value is -2.63. The number of carbonyl (C=O) groups is 1. The Bertz CT molecular complexity index is 753. The monoisotopic (exact) mass is 305 g/mol. The van der Waals surface area contributed by atoms with Crippen molar-refractivity contribution in [1.29, 1.82) is 0 Å². The van der Waals surface area contributed by atoms with Gasteiger partial charge >= 0.3 is 12.1 Å². The molecular weight excluding hydrogens is 295 g/mol. The van der Waals surface area contributed by atoms with Gasteiger partial charge in [-0.15, -0.1) is 0 Å². The molecule has 112 valence electrons. The maximum absolute atomic E-state index is 12.6. The molecule has 1 heterocycles. The van der Waals surface area contributed by atoms with Crippen molar-refractivity contribution >= 4 is 17.9 Å². The number of rotatable bonds is 2. The van der Waals surface area contributed by atoms with Crippen LogP contribution in [-0.2, 0) is 10.9 Å². The summed E-state index contributed by atoms with van der Waals surface area (Å²) >= 11 is 0. The van der Waals surface area contributed by atoms with E-state index < -0.39 is 23.8 Å². The van der Waals surface area contributed by atoms with Crippen LogP contribution < -0.4 is 0 Å². The van der Waals surface area contributed by atoms with E-state index >= 15 is 0 Å². The number of nitrogens with zero attached hydrogens (tertiary/aromatic N) is 1. The first-order valence-electron chi connectivity index (χ1n) is 6.46. The predicted molar refractivity (Wildman–Crippen MR) is 74.2 cm³/mol. The Labute approximate surface area is 124 Å². The van der Waals surface area contributed by atoms with E-state index in [0.29, 0.717) is 11.1 Å². The van der Waals surface area contributed by atoms with E-state index in [9.17, 15) is 18.0 Å². The van der Waals surface area contributed by atoms with E-state index in [4.69, 9.17) is 4.74 Å². The van der Waals surface area contributed by atoms with Crippen molar-refractivity contribution in [2.45, 2.75) is 12.3 Å². The third-order valence-electron chi connectivity index (χ3n) is 3.25. The molecule has 1 unspecified atom stereocenters. The predicted octanol–water partition coefficient (Wildman–Crippen LogP) is 4.32. The highest BCUT2D eigenvalue weighted by molar-refractivity contribution is 5.97. The first-order chi connectivity index (χ1) is 10.4. The minimum Gasteiger partial charge on any atom is -0.448 e. The van der Waals surface area contributed by atoms with Gasteiger partial charge in [0.25, 0.3) is 0 Å². The SMILES string of the molecule is O=C1OC(C=Nc2cccc(C(F)(F)F)c2)c2ccccc21. The van der Waals surface area contributed by atoms with Gasteiger partial charge in [0.05, 0.1) is 23.0 Å². The van der Waals surface area contributed by atoms with Crippen LogP contribution in [0.15, 0.2) is 53.5 Å². The summed E-state index contributed by atoms with van der Waals surface area (Å²) in [5.41, 5.74) is 0.479. The second-order valence-corrected chi connectivity index (χ2v) is 4.74. The number of carbonyl (C=O) groups excluding carboxylic acids is 1. The lowest BCUT2D eigenvalue weighted by Gasteiger charge is -2.07. The summed E-state index contributed by atoms with van der Waals surface area (Å²) in [4.78, 5) is 15.6. The van der Waals surface area contributed by atoms with Gasteiger partial charge in [-0.3, -0.25) is 4.99 Å². The zero-order valence-corrected chi connectivity index (χ0v) is 11.2. The molecule has 0 aromatic heterocycles. The molecule has 1 aliphatic rings. The van der Waals surface area contributed by atoms with Gasteiger partial charge in [0, 0.05) is 5.56 Å². The molecule has 2 aromatic carbocycles. The average Bonchev–Trinajstić information content (AvgIpc) is 2.82. The van der Waals surface area contributed by atoms with Gasteiger partial charge in [-0.25, -0.2) is 4.79 Å². The third kappa shape index (κ3) is 2.72. The zero-order valence-electron chi connectivity index (χ0n) is 11.2. The lowest BCUT2D eigenvalue weighted by molar-refractivity contribution is -0.137. The lowest BCUT2D eigenvalue weighted by atomic mass is 10.1. The van der Waals surface area contributed by atoms with Crippen LogP contribution in [0.25, 0.3) is 0 Å². The Morgan fingerprint density at radius 2 is 1.86 bits per heavy atom. The number of cyclic esters (lactones) is 1. The van der Waals surface area contributed by atoms with Crippen molar-refractivity contribution in [3.8, 4) is 0 Å². The van der Waals surface area contributed by atoms with Crippen LogP contribution in [0.4, 0.5) is 18.9 Å². The van der Waals surface area contributed by atoms with E-state index in [-0.39, 0.29) is 5.69 Å². The minimum absolute atomic E-state index is 0.148. The summed E-state index contributed by atoms with van der Waals surface area (Å²) in [5, 5.41) is 0. The maximum Gasteiger partial charge on any atom is 0.416 e. The van der Waals surface area contributed by atoms with Gasteiger partial charge in [0.2, 0.25) is 0 Å². The largest absolute Gasteiger partial charge is 0.448 e. The molecule has 0 N–H and O–H groups in total. The van der Waals surface area contributed by atoms with E-state index in [0.717, 1.165) is 12.1 Å². The smallest absolute Gasteiger partial charge is 0.416 e. The molecule has 3 rings (SSSR count). The molecule has 0 fully saturated rings. The molecule has 0 saturated heterocycles. The molecule has 2 aromatic rings. The van der Waals surface area contributed by atoms with Gasteiger partial charge in [0.1, 0.15) is 0 Å². The fraction of sp³-hybridized carbons (Fsp3) is 0.125. The number of hydrogen-bond donors (Lipinski definition) is 0. The summed E-state index contributed by atoms with van der Waals surface area (Å²) in [7, 11) is 0. The summed E-state index contributed by atoms with van der Waals surface area (Å²) in [6.07, 6.45) is -3.77. The molecule has 0 spiro atoms. The number of halogens is 3. The zero-order chi connectivity index (χ0) is 15.7. The summed E-state index contributed by atoms with van der Waals surface area (Å²) in [6.45, 7) is 0. The van der Waals surface area contributed by atoms with Crippen LogP contribution in [0.3, 0.4) is 0 Å². The van der Waals surface area contributed by atoms with Crippen molar-refractivity contribution in [1.82, 2.24) is 0 Å². The molecule has 0 aliphatic carbocycles. The Balaban J connectivity index is 1.86. The number of aliphatic imine (C=N–C) groups is 1. The quantitative estimate of drug-likeness (QED) is 0.612. The molecule has 3 nitrogen and oxygen atoms in total. The fourth-order valence-electron chi connectivity index (χ4n) is 2.20. The van der Waals surface area contributed by atoms with Crippen molar-refractivity contribution < 1.29 is 22.7 Å². The van der Waals surface area contributed by atoms with Gasteiger partial charge in [-0.1, -0.05) is 24.3 Å². The van der Waals surface area contributed by atoms with Crippen LogP contribution in [0.5, 0.6) is 0 Å². The van der Waals surface area contributed by atoms with Gasteiger partial charge in [0.15, 0.2) is 6.10 Å². The van der Waals surface area contributed by atoms with Gasteiger partial charge < -0.3 is 4.74 Å². The topological polar surface area (TPSA) is 38.7 Å². The summed E-state index contributed by atoms with van der Waals surface area (Å²) in [6, 6.07) is 11.5. The number of hydrogen-bond acceptors (Lipinski definition) is 3. The highest BCUT2D eigenvalue weighted by Crippen LogP contribution is 2.32. The Kier molecular flexibility index (Phi) is 3.44. The molecule has 0 bridgehead atoms. The molecule has 1 aliphatic heterocycles. The van der Waals surface area contributed by atoms with Crippen molar-refractivity contribution in [3.05, 3.63) is 65.2 Å². The van der Waals surface area contributed by atoms with Crippen LogP contribution >= 0.6 is 0 Å². The van der Waals surface area contributed by atoms with Gasteiger partial charge in [-0.2, -0.15) is 13.2 Å². The number of alkyl halides is 3. The van der Waals surface area contributed by atoms with Crippen LogP contribution in [0, 0.1) is 0 Å². The first kappa shape index (κ1) is 14.3. The average molecular weight is 305 g/mol. The molecule has 0 radical (unpaired) electrons. The molecule has 22 heavy (non-hydrogen) atoms. The van der Waals surface area contributed by atoms with Gasteiger partial charge in [-0.05, 0) is 24.3 Å². The standard InChI is InChI=1S/C16H10F3NO2/c17-16(18,19)10-4-3-5-11(8-10)20-9-14-12-6-1-2-7-13(12)15(21)22-14/h1-9,14H. The van der Waals surface area contributed by atoms with E-state index in [1.54, 1.807) is 24.3 Å². The molecule has 0 saturated carbocycles. The first-order valence-corrected chi connectivity index (χ1v) is 6.46. The summed E-state index contributed by atoms with van der Waals surface area (Å²) in [5.74, 6) is -0.462.